The maximum absolute atomic E-state index is 12.6. The Labute approximate surface area is 131 Å². The first-order valence-electron chi connectivity index (χ1n) is 8.13. The first-order valence-corrected chi connectivity index (χ1v) is 8.13. The molecule has 0 radical (unpaired) electrons. The quantitative estimate of drug-likeness (QED) is 0.841. The van der Waals surface area contributed by atoms with E-state index in [9.17, 15) is 9.59 Å². The number of amides is 2. The number of rotatable bonds is 3. The SMILES string of the molecule is CC(C(=O)N1CCC(c2nccn2C)CC1)N1CCCC1=O. The maximum atomic E-state index is 12.6. The van der Waals surface area contributed by atoms with Crippen molar-refractivity contribution in [2.24, 2.45) is 7.05 Å². The zero-order chi connectivity index (χ0) is 15.7. The molecule has 22 heavy (non-hydrogen) atoms. The van der Waals surface area contributed by atoms with Gasteiger partial charge in [-0.2, -0.15) is 0 Å². The molecule has 2 aliphatic rings. The van der Waals surface area contributed by atoms with Crippen molar-refractivity contribution in [3.63, 3.8) is 0 Å². The number of hydrogen-bond acceptors (Lipinski definition) is 3. The Morgan fingerprint density at radius 1 is 1.32 bits per heavy atom. The van der Waals surface area contributed by atoms with E-state index in [1.165, 1.54) is 0 Å². The molecule has 6 nitrogen and oxygen atoms in total. The van der Waals surface area contributed by atoms with Gasteiger partial charge in [-0.3, -0.25) is 9.59 Å². The van der Waals surface area contributed by atoms with E-state index < -0.39 is 0 Å². The first-order chi connectivity index (χ1) is 10.6. The molecular formula is C16H24N4O2. The lowest BCUT2D eigenvalue weighted by atomic mass is 9.95. The van der Waals surface area contributed by atoms with E-state index in [4.69, 9.17) is 0 Å². The van der Waals surface area contributed by atoms with Gasteiger partial charge in [-0.15, -0.1) is 0 Å². The van der Waals surface area contributed by atoms with Crippen LogP contribution in [-0.2, 0) is 16.6 Å². The van der Waals surface area contributed by atoms with Crippen molar-refractivity contribution in [2.45, 2.75) is 44.6 Å². The van der Waals surface area contributed by atoms with Crippen LogP contribution in [0.25, 0.3) is 0 Å². The fourth-order valence-electron chi connectivity index (χ4n) is 3.60. The number of piperidine rings is 1. The molecule has 6 heteroatoms. The second-order valence-electron chi connectivity index (χ2n) is 6.36. The summed E-state index contributed by atoms with van der Waals surface area (Å²) in [6.07, 6.45) is 7.13. The predicted octanol–water partition coefficient (Wildman–Crippen LogP) is 1.14. The third-order valence-corrected chi connectivity index (χ3v) is 4.97. The molecule has 0 spiro atoms. The molecular weight excluding hydrogens is 280 g/mol. The van der Waals surface area contributed by atoms with Crippen molar-refractivity contribution in [3.05, 3.63) is 18.2 Å². The highest BCUT2D eigenvalue weighted by atomic mass is 16.2. The monoisotopic (exact) mass is 304 g/mol. The van der Waals surface area contributed by atoms with Crippen LogP contribution >= 0.6 is 0 Å². The van der Waals surface area contributed by atoms with Gasteiger partial charge in [0.15, 0.2) is 0 Å². The Bertz CT molecular complexity index is 560. The topological polar surface area (TPSA) is 58.4 Å². The highest BCUT2D eigenvalue weighted by Crippen LogP contribution is 2.27. The van der Waals surface area contributed by atoms with Crippen LogP contribution in [0, 0.1) is 0 Å². The summed E-state index contributed by atoms with van der Waals surface area (Å²) >= 11 is 0. The van der Waals surface area contributed by atoms with E-state index in [0.29, 0.717) is 12.3 Å². The van der Waals surface area contributed by atoms with E-state index in [-0.39, 0.29) is 17.9 Å². The number of hydrogen-bond donors (Lipinski definition) is 0. The third kappa shape index (κ3) is 2.74. The Kier molecular flexibility index (Phi) is 4.18. The van der Waals surface area contributed by atoms with Crippen molar-refractivity contribution >= 4 is 11.8 Å². The first kappa shape index (κ1) is 15.1. The maximum Gasteiger partial charge on any atom is 0.245 e. The van der Waals surface area contributed by atoms with Crippen LogP contribution in [0.15, 0.2) is 12.4 Å². The molecule has 3 rings (SSSR count). The van der Waals surface area contributed by atoms with Gasteiger partial charge in [0, 0.05) is 51.4 Å². The van der Waals surface area contributed by atoms with Crippen LogP contribution in [0.4, 0.5) is 0 Å². The van der Waals surface area contributed by atoms with Crippen LogP contribution < -0.4 is 0 Å². The molecule has 1 aromatic heterocycles. The number of nitrogens with zero attached hydrogens (tertiary/aromatic N) is 4. The van der Waals surface area contributed by atoms with Crippen molar-refractivity contribution < 1.29 is 9.59 Å². The van der Waals surface area contributed by atoms with Gasteiger partial charge in [0.2, 0.25) is 11.8 Å². The predicted molar refractivity (Wildman–Crippen MR) is 82.2 cm³/mol. The summed E-state index contributed by atoms with van der Waals surface area (Å²) in [5.74, 6) is 1.74. The number of aryl methyl sites for hydroxylation is 1. The van der Waals surface area contributed by atoms with Gasteiger partial charge >= 0.3 is 0 Å². The summed E-state index contributed by atoms with van der Waals surface area (Å²) in [5, 5.41) is 0. The van der Waals surface area contributed by atoms with E-state index >= 15 is 0 Å². The van der Waals surface area contributed by atoms with E-state index in [0.717, 1.165) is 44.7 Å². The van der Waals surface area contributed by atoms with Crippen LogP contribution in [0.3, 0.4) is 0 Å². The van der Waals surface area contributed by atoms with Gasteiger partial charge in [0.1, 0.15) is 11.9 Å². The van der Waals surface area contributed by atoms with Crippen LogP contribution in [0.1, 0.15) is 44.3 Å². The molecule has 2 fully saturated rings. The highest BCUT2D eigenvalue weighted by Gasteiger charge is 2.34. The highest BCUT2D eigenvalue weighted by molar-refractivity contribution is 5.88. The fourth-order valence-corrected chi connectivity index (χ4v) is 3.60. The molecule has 1 unspecified atom stereocenters. The zero-order valence-electron chi connectivity index (χ0n) is 13.4. The van der Waals surface area contributed by atoms with Gasteiger partial charge in [0.25, 0.3) is 0 Å². The lowest BCUT2D eigenvalue weighted by molar-refractivity contribution is -0.143. The number of carbonyl (C=O) groups excluding carboxylic acids is 2. The smallest absolute Gasteiger partial charge is 0.245 e. The molecule has 0 aliphatic carbocycles. The standard InChI is InChI=1S/C16H24N4O2/c1-12(20-8-3-4-14(20)21)16(22)19-9-5-13(6-10-19)15-17-7-11-18(15)2/h7,11-13H,3-6,8-10H2,1-2H3. The zero-order valence-corrected chi connectivity index (χ0v) is 13.4. The minimum Gasteiger partial charge on any atom is -0.341 e. The molecule has 0 saturated carbocycles. The summed E-state index contributed by atoms with van der Waals surface area (Å²) in [7, 11) is 2.01. The van der Waals surface area contributed by atoms with E-state index in [1.54, 1.807) is 4.90 Å². The van der Waals surface area contributed by atoms with Crippen molar-refractivity contribution in [1.82, 2.24) is 19.4 Å². The molecule has 1 atom stereocenters. The van der Waals surface area contributed by atoms with Crippen LogP contribution in [-0.4, -0.2) is 56.8 Å². The average Bonchev–Trinajstić information content (AvgIpc) is 3.14. The second-order valence-corrected chi connectivity index (χ2v) is 6.36. The summed E-state index contributed by atoms with van der Waals surface area (Å²) < 4.78 is 2.06. The van der Waals surface area contributed by atoms with Crippen molar-refractivity contribution in [3.8, 4) is 0 Å². The minimum atomic E-state index is -0.320. The van der Waals surface area contributed by atoms with E-state index in [2.05, 4.69) is 9.55 Å². The fraction of sp³-hybridized carbons (Fsp3) is 0.688. The van der Waals surface area contributed by atoms with Crippen molar-refractivity contribution in [2.75, 3.05) is 19.6 Å². The molecule has 0 N–H and O–H groups in total. The lowest BCUT2D eigenvalue weighted by Crippen LogP contribution is -2.49. The number of carbonyl (C=O) groups is 2. The average molecular weight is 304 g/mol. The lowest BCUT2D eigenvalue weighted by Gasteiger charge is -2.35. The van der Waals surface area contributed by atoms with E-state index in [1.807, 2.05) is 31.3 Å². The summed E-state index contributed by atoms with van der Waals surface area (Å²) in [5.41, 5.74) is 0. The van der Waals surface area contributed by atoms with Crippen LogP contribution in [0.2, 0.25) is 0 Å². The van der Waals surface area contributed by atoms with Gasteiger partial charge in [0.05, 0.1) is 0 Å². The Balaban J connectivity index is 1.58. The van der Waals surface area contributed by atoms with Crippen molar-refractivity contribution in [1.29, 1.82) is 0 Å². The number of aromatic nitrogens is 2. The molecule has 1 aromatic rings. The summed E-state index contributed by atoms with van der Waals surface area (Å²) in [4.78, 5) is 32.5. The third-order valence-electron chi connectivity index (χ3n) is 4.97. The largest absolute Gasteiger partial charge is 0.341 e. The Morgan fingerprint density at radius 2 is 2.05 bits per heavy atom. The van der Waals surface area contributed by atoms with Gasteiger partial charge in [-0.25, -0.2) is 4.98 Å². The number of likely N-dealkylation sites (tertiary alicyclic amines) is 2. The summed E-state index contributed by atoms with van der Waals surface area (Å²) in [6.45, 7) is 4.08. The molecule has 2 amide bonds. The molecule has 2 aliphatic heterocycles. The molecule has 120 valence electrons. The summed E-state index contributed by atoms with van der Waals surface area (Å²) in [6, 6.07) is -0.320. The van der Waals surface area contributed by atoms with Gasteiger partial charge in [-0.1, -0.05) is 0 Å². The molecule has 0 aromatic carbocycles. The molecule has 2 saturated heterocycles. The Hall–Kier alpha value is -1.85. The Morgan fingerprint density at radius 3 is 2.59 bits per heavy atom. The molecule has 3 heterocycles. The van der Waals surface area contributed by atoms with Crippen LogP contribution in [0.5, 0.6) is 0 Å². The van der Waals surface area contributed by atoms with Gasteiger partial charge in [-0.05, 0) is 26.2 Å². The number of imidazole rings is 1. The molecule has 0 bridgehead atoms. The second kappa shape index (κ2) is 6.10. The normalized spacial score (nSPS) is 21.5. The minimum absolute atomic E-state index is 0.0912. The van der Waals surface area contributed by atoms with Gasteiger partial charge < -0.3 is 14.4 Å².